The molecule has 23 heavy (non-hydrogen) atoms. The van der Waals surface area contributed by atoms with E-state index in [-0.39, 0.29) is 13.0 Å². The summed E-state index contributed by atoms with van der Waals surface area (Å²) >= 11 is 0. The van der Waals surface area contributed by atoms with E-state index in [1.807, 2.05) is 60.7 Å². The monoisotopic (exact) mass is 313 g/mol. The molecule has 0 bridgehead atoms. The Hall–Kier alpha value is -2.82. The zero-order chi connectivity index (χ0) is 16.5. The molecular weight excluding hydrogens is 294 g/mol. The minimum Gasteiger partial charge on any atom is -0.481 e. The van der Waals surface area contributed by atoms with E-state index in [1.165, 1.54) is 0 Å². The molecule has 0 aliphatic carbocycles. The number of ether oxygens (including phenoxy) is 1. The average molecular weight is 313 g/mol. The van der Waals surface area contributed by atoms with Crippen LogP contribution < -0.4 is 5.32 Å². The standard InChI is InChI=1S/C18H19NO4/c20-17(21)12-11-16(15-9-5-2-6-10-15)19-18(22)23-13-14-7-3-1-4-8-14/h1-10,16H,11-13H2,(H,19,22)(H,20,21). The van der Waals surface area contributed by atoms with Gasteiger partial charge in [0.15, 0.2) is 0 Å². The van der Waals surface area contributed by atoms with Crippen molar-refractivity contribution in [1.82, 2.24) is 5.32 Å². The minimum atomic E-state index is -0.898. The molecule has 120 valence electrons. The molecule has 5 nitrogen and oxygen atoms in total. The number of hydrogen-bond acceptors (Lipinski definition) is 3. The van der Waals surface area contributed by atoms with Crippen LogP contribution in [-0.4, -0.2) is 17.2 Å². The minimum absolute atomic E-state index is 0.0292. The van der Waals surface area contributed by atoms with E-state index in [9.17, 15) is 9.59 Å². The first-order chi connectivity index (χ1) is 11.1. The van der Waals surface area contributed by atoms with Gasteiger partial charge in [-0.05, 0) is 17.5 Å². The number of carboxylic acids is 1. The summed E-state index contributed by atoms with van der Waals surface area (Å²) in [6, 6.07) is 18.2. The van der Waals surface area contributed by atoms with Crippen molar-refractivity contribution in [3.63, 3.8) is 0 Å². The van der Waals surface area contributed by atoms with Gasteiger partial charge >= 0.3 is 12.1 Å². The molecule has 0 saturated carbocycles. The largest absolute Gasteiger partial charge is 0.481 e. The first-order valence-electron chi connectivity index (χ1n) is 7.39. The summed E-state index contributed by atoms with van der Waals surface area (Å²) in [5.74, 6) is -0.898. The number of carboxylic acid groups (broad SMARTS) is 1. The second-order valence-electron chi connectivity index (χ2n) is 5.10. The molecule has 2 rings (SSSR count). The van der Waals surface area contributed by atoms with Crippen molar-refractivity contribution in [3.8, 4) is 0 Å². The number of amides is 1. The van der Waals surface area contributed by atoms with Gasteiger partial charge in [0, 0.05) is 6.42 Å². The molecule has 0 spiro atoms. The van der Waals surface area contributed by atoms with Crippen LogP contribution in [0, 0.1) is 0 Å². The zero-order valence-corrected chi connectivity index (χ0v) is 12.6. The summed E-state index contributed by atoms with van der Waals surface area (Å²) in [4.78, 5) is 22.8. The van der Waals surface area contributed by atoms with E-state index in [2.05, 4.69) is 5.32 Å². The molecule has 0 aliphatic heterocycles. The van der Waals surface area contributed by atoms with E-state index >= 15 is 0 Å². The van der Waals surface area contributed by atoms with Crippen molar-refractivity contribution < 1.29 is 19.4 Å². The molecule has 2 N–H and O–H groups in total. The fourth-order valence-electron chi connectivity index (χ4n) is 2.18. The van der Waals surface area contributed by atoms with Gasteiger partial charge < -0.3 is 15.2 Å². The zero-order valence-electron chi connectivity index (χ0n) is 12.6. The van der Waals surface area contributed by atoms with E-state index in [0.29, 0.717) is 6.42 Å². The first kappa shape index (κ1) is 16.5. The fourth-order valence-corrected chi connectivity index (χ4v) is 2.18. The van der Waals surface area contributed by atoms with Crippen molar-refractivity contribution in [2.24, 2.45) is 0 Å². The molecule has 2 aromatic carbocycles. The number of nitrogens with one attached hydrogen (secondary N) is 1. The smallest absolute Gasteiger partial charge is 0.407 e. The number of hydrogen-bond donors (Lipinski definition) is 2. The van der Waals surface area contributed by atoms with Crippen molar-refractivity contribution in [2.45, 2.75) is 25.5 Å². The number of aliphatic carboxylic acids is 1. The van der Waals surface area contributed by atoms with Gasteiger partial charge in [-0.1, -0.05) is 60.7 Å². The van der Waals surface area contributed by atoms with E-state index in [1.54, 1.807) is 0 Å². The lowest BCUT2D eigenvalue weighted by molar-refractivity contribution is -0.137. The van der Waals surface area contributed by atoms with Crippen LogP contribution in [0.5, 0.6) is 0 Å². The predicted molar refractivity (Wildman–Crippen MR) is 85.8 cm³/mol. The second kappa shape index (κ2) is 8.58. The normalized spacial score (nSPS) is 11.5. The van der Waals surface area contributed by atoms with Crippen LogP contribution in [-0.2, 0) is 16.1 Å². The summed E-state index contributed by atoms with van der Waals surface area (Å²) in [6.07, 6.45) is -0.286. The highest BCUT2D eigenvalue weighted by Crippen LogP contribution is 2.18. The second-order valence-corrected chi connectivity index (χ2v) is 5.10. The van der Waals surface area contributed by atoms with Crippen molar-refractivity contribution in [2.75, 3.05) is 0 Å². The molecule has 0 saturated heterocycles. The van der Waals surface area contributed by atoms with Gasteiger partial charge in [-0.15, -0.1) is 0 Å². The van der Waals surface area contributed by atoms with Crippen molar-refractivity contribution >= 4 is 12.1 Å². The Morgan fingerprint density at radius 3 is 2.22 bits per heavy atom. The average Bonchev–Trinajstić information content (AvgIpc) is 2.58. The predicted octanol–water partition coefficient (Wildman–Crippen LogP) is 3.52. The first-order valence-corrected chi connectivity index (χ1v) is 7.39. The summed E-state index contributed by atoms with van der Waals surface area (Å²) in [6.45, 7) is 0.174. The number of benzene rings is 2. The van der Waals surface area contributed by atoms with Crippen LogP contribution in [0.1, 0.15) is 30.0 Å². The number of alkyl carbamates (subject to hydrolysis) is 1. The topological polar surface area (TPSA) is 75.6 Å². The maximum atomic E-state index is 12.0. The Morgan fingerprint density at radius 1 is 1.00 bits per heavy atom. The van der Waals surface area contributed by atoms with Gasteiger partial charge in [0.1, 0.15) is 6.61 Å². The molecule has 0 radical (unpaired) electrons. The summed E-state index contributed by atoms with van der Waals surface area (Å²) in [7, 11) is 0. The van der Waals surface area contributed by atoms with Crippen LogP contribution in [0.15, 0.2) is 60.7 Å². The molecule has 0 heterocycles. The Bertz CT molecular complexity index is 628. The number of rotatable bonds is 7. The lowest BCUT2D eigenvalue weighted by Crippen LogP contribution is -2.29. The molecule has 0 aromatic heterocycles. The molecule has 1 atom stereocenters. The van der Waals surface area contributed by atoms with Crippen LogP contribution >= 0.6 is 0 Å². The third-order valence-corrected chi connectivity index (χ3v) is 3.35. The van der Waals surface area contributed by atoms with Crippen LogP contribution in [0.4, 0.5) is 4.79 Å². The third-order valence-electron chi connectivity index (χ3n) is 3.35. The van der Waals surface area contributed by atoms with Crippen LogP contribution in [0.2, 0.25) is 0 Å². The van der Waals surface area contributed by atoms with E-state index in [0.717, 1.165) is 11.1 Å². The highest BCUT2D eigenvalue weighted by Gasteiger charge is 2.16. The summed E-state index contributed by atoms with van der Waals surface area (Å²) < 4.78 is 5.19. The number of carbonyl (C=O) groups is 2. The van der Waals surface area contributed by atoms with Gasteiger partial charge in [0.05, 0.1) is 6.04 Å². The van der Waals surface area contributed by atoms with Crippen molar-refractivity contribution in [3.05, 3.63) is 71.8 Å². The van der Waals surface area contributed by atoms with Gasteiger partial charge in [0.2, 0.25) is 0 Å². The molecule has 0 fully saturated rings. The number of carbonyl (C=O) groups excluding carboxylic acids is 1. The van der Waals surface area contributed by atoms with Gasteiger partial charge in [-0.25, -0.2) is 4.79 Å². The van der Waals surface area contributed by atoms with Crippen LogP contribution in [0.25, 0.3) is 0 Å². The van der Waals surface area contributed by atoms with Gasteiger partial charge in [-0.3, -0.25) is 4.79 Å². The Labute approximate surface area is 134 Å². The van der Waals surface area contributed by atoms with Crippen LogP contribution in [0.3, 0.4) is 0 Å². The van der Waals surface area contributed by atoms with Gasteiger partial charge in [-0.2, -0.15) is 0 Å². The fraction of sp³-hybridized carbons (Fsp3) is 0.222. The van der Waals surface area contributed by atoms with E-state index < -0.39 is 18.1 Å². The molecule has 0 aliphatic rings. The molecule has 1 amide bonds. The lowest BCUT2D eigenvalue weighted by atomic mass is 10.0. The molecule has 5 heteroatoms. The third kappa shape index (κ3) is 5.82. The maximum absolute atomic E-state index is 12.0. The highest BCUT2D eigenvalue weighted by atomic mass is 16.5. The Morgan fingerprint density at radius 2 is 1.61 bits per heavy atom. The summed E-state index contributed by atoms with van der Waals surface area (Å²) in [5, 5.41) is 11.6. The Balaban J connectivity index is 1.93. The van der Waals surface area contributed by atoms with E-state index in [4.69, 9.17) is 9.84 Å². The van der Waals surface area contributed by atoms with Gasteiger partial charge in [0.25, 0.3) is 0 Å². The SMILES string of the molecule is O=C(O)CCC(NC(=O)OCc1ccccc1)c1ccccc1. The van der Waals surface area contributed by atoms with Crippen molar-refractivity contribution in [1.29, 1.82) is 0 Å². The lowest BCUT2D eigenvalue weighted by Gasteiger charge is -2.18. The maximum Gasteiger partial charge on any atom is 0.407 e. The quantitative estimate of drug-likeness (QED) is 0.820. The highest BCUT2D eigenvalue weighted by molar-refractivity contribution is 5.69. The molecule has 1 unspecified atom stereocenters. The molecule has 2 aromatic rings. The molecular formula is C18H19NO4. The Kier molecular flexibility index (Phi) is 6.17. The summed E-state index contributed by atoms with van der Waals surface area (Å²) in [5.41, 5.74) is 1.75.